The third-order valence-corrected chi connectivity index (χ3v) is 3.04. The summed E-state index contributed by atoms with van der Waals surface area (Å²) in [6.45, 7) is 7.40. The summed E-state index contributed by atoms with van der Waals surface area (Å²) in [4.78, 5) is 11.8. The molecule has 1 aliphatic rings. The van der Waals surface area contributed by atoms with Gasteiger partial charge < -0.3 is 9.84 Å². The maximum atomic E-state index is 11.8. The molecule has 0 aromatic heterocycles. The zero-order valence-electron chi connectivity index (χ0n) is 9.58. The number of ether oxygens (including phenoxy) is 1. The van der Waals surface area contributed by atoms with Crippen LogP contribution < -0.4 is 0 Å². The summed E-state index contributed by atoms with van der Waals surface area (Å²) in [5.74, 6) is -0.220. The third kappa shape index (κ3) is 3.06. The molecule has 1 N–H and O–H groups in total. The molecule has 86 valence electrons. The summed E-state index contributed by atoms with van der Waals surface area (Å²) in [6, 6.07) is 0. The third-order valence-electron chi connectivity index (χ3n) is 3.04. The van der Waals surface area contributed by atoms with Gasteiger partial charge in [-0.2, -0.15) is 0 Å². The Kier molecular flexibility index (Phi) is 3.55. The normalized spacial score (nSPS) is 35.9. The second kappa shape index (κ2) is 4.35. The first kappa shape index (κ1) is 12.2. The molecule has 0 aromatic rings. The minimum atomic E-state index is -0.736. The van der Waals surface area contributed by atoms with Crippen LogP contribution in [-0.2, 0) is 9.53 Å². The number of esters is 1. The van der Waals surface area contributed by atoms with Gasteiger partial charge >= 0.3 is 5.97 Å². The molecule has 2 atom stereocenters. The van der Waals surface area contributed by atoms with Crippen LogP contribution >= 0.6 is 0 Å². The highest BCUT2D eigenvalue weighted by Crippen LogP contribution is 2.41. The largest absolute Gasteiger partial charge is 0.461 e. The molecule has 0 aromatic carbocycles. The van der Waals surface area contributed by atoms with Crippen LogP contribution in [0.5, 0.6) is 0 Å². The minimum absolute atomic E-state index is 0.220. The van der Waals surface area contributed by atoms with Gasteiger partial charge in [0.15, 0.2) is 0 Å². The summed E-state index contributed by atoms with van der Waals surface area (Å²) in [5, 5.41) is 9.96. The Hall–Kier alpha value is -0.830. The molecule has 1 aliphatic carbocycles. The molecular weight excluding hydrogens is 192 g/mol. The van der Waals surface area contributed by atoms with Crippen LogP contribution in [0.25, 0.3) is 0 Å². The van der Waals surface area contributed by atoms with Crippen LogP contribution in [0.1, 0.15) is 39.5 Å². The first-order valence-electron chi connectivity index (χ1n) is 5.40. The van der Waals surface area contributed by atoms with E-state index in [4.69, 9.17) is 4.74 Å². The Morgan fingerprint density at radius 1 is 1.53 bits per heavy atom. The van der Waals surface area contributed by atoms with Crippen LogP contribution in [-0.4, -0.2) is 23.3 Å². The molecule has 0 aliphatic heterocycles. The van der Waals surface area contributed by atoms with E-state index in [0.717, 1.165) is 19.3 Å². The molecule has 3 heteroatoms. The van der Waals surface area contributed by atoms with Crippen molar-refractivity contribution in [3.63, 3.8) is 0 Å². The SMILES string of the molecule is C=CCOC(=O)C1(C)CCCC(C)(O)C1. The highest BCUT2D eigenvalue weighted by Gasteiger charge is 2.44. The van der Waals surface area contributed by atoms with Crippen molar-refractivity contribution in [2.75, 3.05) is 6.61 Å². The zero-order chi connectivity index (χ0) is 11.5. The Morgan fingerprint density at radius 3 is 2.73 bits per heavy atom. The standard InChI is InChI=1S/C12H20O3/c1-4-8-15-10(13)11(2)6-5-7-12(3,14)9-11/h4,14H,1,5-9H2,2-3H3. The average molecular weight is 212 g/mol. The van der Waals surface area contributed by atoms with E-state index in [1.807, 2.05) is 6.92 Å². The lowest BCUT2D eigenvalue weighted by atomic mass is 9.69. The van der Waals surface area contributed by atoms with E-state index in [1.54, 1.807) is 13.0 Å². The quantitative estimate of drug-likeness (QED) is 0.575. The molecule has 0 saturated heterocycles. The van der Waals surface area contributed by atoms with Crippen molar-refractivity contribution in [1.29, 1.82) is 0 Å². The lowest BCUT2D eigenvalue weighted by Crippen LogP contribution is -2.42. The van der Waals surface area contributed by atoms with Crippen LogP contribution in [0.15, 0.2) is 12.7 Å². The monoisotopic (exact) mass is 212 g/mol. The lowest BCUT2D eigenvalue weighted by Gasteiger charge is -2.39. The van der Waals surface area contributed by atoms with Crippen molar-refractivity contribution in [3.8, 4) is 0 Å². The van der Waals surface area contributed by atoms with Gasteiger partial charge in [0.1, 0.15) is 6.61 Å². The van der Waals surface area contributed by atoms with E-state index < -0.39 is 11.0 Å². The average Bonchev–Trinajstić information content (AvgIpc) is 2.12. The summed E-state index contributed by atoms with van der Waals surface area (Å²) in [5.41, 5.74) is -1.27. The van der Waals surface area contributed by atoms with Crippen molar-refractivity contribution in [1.82, 2.24) is 0 Å². The molecule has 15 heavy (non-hydrogen) atoms. The molecule has 0 radical (unpaired) electrons. The topological polar surface area (TPSA) is 46.5 Å². The van der Waals surface area contributed by atoms with Crippen LogP contribution in [0.2, 0.25) is 0 Å². The first-order chi connectivity index (χ1) is 6.90. The number of aliphatic hydroxyl groups is 1. The van der Waals surface area contributed by atoms with Gasteiger partial charge in [-0.3, -0.25) is 4.79 Å². The predicted molar refractivity (Wildman–Crippen MR) is 58.4 cm³/mol. The van der Waals surface area contributed by atoms with Crippen LogP contribution in [0.3, 0.4) is 0 Å². The number of rotatable bonds is 3. The summed E-state index contributed by atoms with van der Waals surface area (Å²) >= 11 is 0. The number of carbonyl (C=O) groups excluding carboxylic acids is 1. The summed E-state index contributed by atoms with van der Waals surface area (Å²) in [7, 11) is 0. The van der Waals surface area contributed by atoms with E-state index in [-0.39, 0.29) is 12.6 Å². The second-order valence-corrected chi connectivity index (χ2v) is 4.98. The van der Waals surface area contributed by atoms with Crippen molar-refractivity contribution in [2.45, 2.75) is 45.1 Å². The van der Waals surface area contributed by atoms with E-state index in [1.165, 1.54) is 0 Å². The Bertz CT molecular complexity index is 258. The predicted octanol–water partition coefficient (Wildman–Crippen LogP) is 2.05. The maximum absolute atomic E-state index is 11.8. The molecule has 0 bridgehead atoms. The molecule has 0 spiro atoms. The molecule has 0 heterocycles. The zero-order valence-corrected chi connectivity index (χ0v) is 9.58. The number of carbonyl (C=O) groups is 1. The molecule has 2 unspecified atom stereocenters. The van der Waals surface area contributed by atoms with Crippen molar-refractivity contribution >= 4 is 5.97 Å². The molecule has 1 saturated carbocycles. The van der Waals surface area contributed by atoms with Gasteiger partial charge in [-0.25, -0.2) is 0 Å². The highest BCUT2D eigenvalue weighted by atomic mass is 16.5. The number of hydrogen-bond acceptors (Lipinski definition) is 3. The second-order valence-electron chi connectivity index (χ2n) is 4.98. The van der Waals surface area contributed by atoms with E-state index in [2.05, 4.69) is 6.58 Å². The van der Waals surface area contributed by atoms with Gasteiger partial charge in [0.2, 0.25) is 0 Å². The number of hydrogen-bond donors (Lipinski definition) is 1. The van der Waals surface area contributed by atoms with Gasteiger partial charge in [-0.15, -0.1) is 0 Å². The lowest BCUT2D eigenvalue weighted by molar-refractivity contribution is -0.161. The van der Waals surface area contributed by atoms with Crippen molar-refractivity contribution in [2.24, 2.45) is 5.41 Å². The Morgan fingerprint density at radius 2 is 2.20 bits per heavy atom. The summed E-state index contributed by atoms with van der Waals surface area (Å²) < 4.78 is 5.06. The molecule has 1 fully saturated rings. The molecule has 3 nitrogen and oxygen atoms in total. The molecule has 0 amide bonds. The Balaban J connectivity index is 2.64. The molecule has 1 rings (SSSR count). The highest BCUT2D eigenvalue weighted by molar-refractivity contribution is 5.76. The van der Waals surface area contributed by atoms with E-state index >= 15 is 0 Å². The fraction of sp³-hybridized carbons (Fsp3) is 0.750. The molecular formula is C12H20O3. The van der Waals surface area contributed by atoms with Crippen LogP contribution in [0, 0.1) is 5.41 Å². The first-order valence-corrected chi connectivity index (χ1v) is 5.40. The van der Waals surface area contributed by atoms with Gasteiger partial charge in [0, 0.05) is 0 Å². The maximum Gasteiger partial charge on any atom is 0.312 e. The fourth-order valence-corrected chi connectivity index (χ4v) is 2.36. The van der Waals surface area contributed by atoms with Gasteiger partial charge in [0.25, 0.3) is 0 Å². The smallest absolute Gasteiger partial charge is 0.312 e. The van der Waals surface area contributed by atoms with Crippen molar-refractivity contribution < 1.29 is 14.6 Å². The van der Waals surface area contributed by atoms with Crippen molar-refractivity contribution in [3.05, 3.63) is 12.7 Å². The minimum Gasteiger partial charge on any atom is -0.461 e. The van der Waals surface area contributed by atoms with E-state index in [0.29, 0.717) is 6.42 Å². The van der Waals surface area contributed by atoms with Gasteiger partial charge in [0.05, 0.1) is 11.0 Å². The van der Waals surface area contributed by atoms with E-state index in [9.17, 15) is 9.90 Å². The van der Waals surface area contributed by atoms with Gasteiger partial charge in [-0.1, -0.05) is 12.7 Å². The fourth-order valence-electron chi connectivity index (χ4n) is 2.36. The van der Waals surface area contributed by atoms with Gasteiger partial charge in [-0.05, 0) is 39.5 Å². The van der Waals surface area contributed by atoms with Crippen LogP contribution in [0.4, 0.5) is 0 Å². The summed E-state index contributed by atoms with van der Waals surface area (Å²) in [6.07, 6.45) is 4.46. The Labute approximate surface area is 91.1 Å².